The van der Waals surface area contributed by atoms with E-state index in [9.17, 15) is 9.00 Å². The molecule has 8 heteroatoms. The summed E-state index contributed by atoms with van der Waals surface area (Å²) in [5, 5.41) is 3.29. The van der Waals surface area contributed by atoms with Gasteiger partial charge in [0.05, 0.1) is 23.1 Å². The molecule has 28 heavy (non-hydrogen) atoms. The van der Waals surface area contributed by atoms with Crippen molar-refractivity contribution in [3.8, 4) is 5.75 Å². The van der Waals surface area contributed by atoms with Crippen LogP contribution in [0.3, 0.4) is 0 Å². The number of nitrogens with one attached hydrogen (secondary N) is 1. The Balaban J connectivity index is 1.21. The molecule has 150 valence electrons. The number of carbonyl (C=O) groups is 1. The van der Waals surface area contributed by atoms with Crippen LogP contribution in [0.2, 0.25) is 0 Å². The lowest BCUT2D eigenvalue weighted by Gasteiger charge is -2.28. The maximum Gasteiger partial charge on any atom is 0.228 e. The largest absolute Gasteiger partial charge is 0.490 e. The van der Waals surface area contributed by atoms with E-state index in [-0.39, 0.29) is 11.8 Å². The number of hydrogen-bond acceptors (Lipinski definition) is 5. The van der Waals surface area contributed by atoms with Crippen molar-refractivity contribution in [3.05, 3.63) is 29.3 Å². The topological polar surface area (TPSA) is 71.1 Å². The van der Waals surface area contributed by atoms with Crippen molar-refractivity contribution in [2.24, 2.45) is 5.92 Å². The van der Waals surface area contributed by atoms with Crippen molar-refractivity contribution < 1.29 is 18.5 Å². The van der Waals surface area contributed by atoms with E-state index in [1.54, 1.807) is 0 Å². The molecular formula is C20H25N3O4S. The third-order valence-electron chi connectivity index (χ3n) is 5.88. The van der Waals surface area contributed by atoms with Crippen LogP contribution in [0, 0.1) is 5.92 Å². The van der Waals surface area contributed by atoms with Crippen LogP contribution in [0.1, 0.15) is 12.8 Å². The van der Waals surface area contributed by atoms with E-state index in [2.05, 4.69) is 5.32 Å². The summed E-state index contributed by atoms with van der Waals surface area (Å²) in [6, 6.07) is 5.69. The molecule has 0 spiro atoms. The van der Waals surface area contributed by atoms with E-state index in [0.717, 1.165) is 42.3 Å². The predicted molar refractivity (Wildman–Crippen MR) is 106 cm³/mol. The molecule has 1 fully saturated rings. The first-order chi connectivity index (χ1) is 13.7. The van der Waals surface area contributed by atoms with Gasteiger partial charge in [-0.25, -0.2) is 8.51 Å². The average molecular weight is 404 g/mol. The molecule has 0 aromatic heterocycles. The average Bonchev–Trinajstić information content (AvgIpc) is 3.32. The van der Waals surface area contributed by atoms with Crippen LogP contribution in [0.25, 0.3) is 0 Å². The lowest BCUT2D eigenvalue weighted by atomic mass is 10.0. The Morgan fingerprint density at radius 3 is 2.71 bits per heavy atom. The highest BCUT2D eigenvalue weighted by Gasteiger charge is 2.37. The van der Waals surface area contributed by atoms with Crippen LogP contribution in [0.4, 0.5) is 5.69 Å². The summed E-state index contributed by atoms with van der Waals surface area (Å²) in [6.07, 6.45) is 1.89. The summed E-state index contributed by atoms with van der Waals surface area (Å²) in [5.41, 5.74) is 3.40. The summed E-state index contributed by atoms with van der Waals surface area (Å²) in [7, 11) is -1.22. The summed E-state index contributed by atoms with van der Waals surface area (Å²) in [4.78, 5) is 15.5. The molecular weight excluding hydrogens is 378 g/mol. The van der Waals surface area contributed by atoms with E-state index in [1.807, 2.05) is 27.4 Å². The summed E-state index contributed by atoms with van der Waals surface area (Å²) < 4.78 is 26.1. The van der Waals surface area contributed by atoms with Gasteiger partial charge in [0.15, 0.2) is 0 Å². The second-order valence-corrected chi connectivity index (χ2v) is 9.28. The summed E-state index contributed by atoms with van der Waals surface area (Å²) in [5.74, 6) is 1.03. The SMILES string of the molecule is O=C(C1CCCOC1)N1CC2=C(C1)CN(S(=O)c1ccc3c(c1)NCCO3)C2. The summed E-state index contributed by atoms with van der Waals surface area (Å²) in [6.45, 7) is 5.38. The highest BCUT2D eigenvalue weighted by molar-refractivity contribution is 7.82. The minimum atomic E-state index is -1.22. The van der Waals surface area contributed by atoms with E-state index in [1.165, 1.54) is 11.1 Å². The minimum Gasteiger partial charge on any atom is -0.490 e. The normalized spacial score (nSPS) is 25.7. The molecule has 0 aliphatic carbocycles. The molecule has 0 radical (unpaired) electrons. The van der Waals surface area contributed by atoms with Crippen LogP contribution >= 0.6 is 0 Å². The molecule has 7 nitrogen and oxygen atoms in total. The standard InChI is InChI=1S/C20H25N3O4S/c24-20(14-2-1-6-26-13-14)22-9-15-11-23(12-16(15)10-22)28(25)17-3-4-19-18(8-17)21-5-7-27-19/h3-4,8,14,21H,1-2,5-7,9-13H2. The Labute approximate surface area is 167 Å². The number of nitrogens with zero attached hydrogens (tertiary/aromatic N) is 2. The number of carbonyl (C=O) groups excluding carboxylic acids is 1. The van der Waals surface area contributed by atoms with Gasteiger partial charge in [-0.2, -0.15) is 0 Å². The molecule has 1 aromatic carbocycles. The first-order valence-corrected chi connectivity index (χ1v) is 11.0. The Kier molecular flexibility index (Phi) is 4.86. The Bertz CT molecular complexity index is 832. The van der Waals surface area contributed by atoms with Crippen molar-refractivity contribution >= 4 is 22.6 Å². The van der Waals surface area contributed by atoms with Crippen LogP contribution < -0.4 is 10.1 Å². The first kappa shape index (κ1) is 18.1. The van der Waals surface area contributed by atoms with Gasteiger partial charge in [0, 0.05) is 39.3 Å². The molecule has 5 rings (SSSR count). The molecule has 1 aromatic rings. The van der Waals surface area contributed by atoms with Crippen LogP contribution in [0.15, 0.2) is 34.2 Å². The fraction of sp³-hybridized carbons (Fsp3) is 0.550. The zero-order valence-corrected chi connectivity index (χ0v) is 16.6. The van der Waals surface area contributed by atoms with Gasteiger partial charge in [0.25, 0.3) is 0 Å². The molecule has 1 N–H and O–H groups in total. The van der Waals surface area contributed by atoms with Crippen molar-refractivity contribution in [1.82, 2.24) is 9.21 Å². The van der Waals surface area contributed by atoms with Gasteiger partial charge in [-0.1, -0.05) is 0 Å². The lowest BCUT2D eigenvalue weighted by Crippen LogP contribution is -2.40. The van der Waals surface area contributed by atoms with Crippen LogP contribution in [-0.2, 0) is 20.5 Å². The number of fused-ring (bicyclic) bond motifs is 1. The number of benzene rings is 1. The zero-order valence-electron chi connectivity index (χ0n) is 15.8. The molecule has 2 unspecified atom stereocenters. The van der Waals surface area contributed by atoms with E-state index in [0.29, 0.717) is 39.4 Å². The molecule has 1 amide bonds. The van der Waals surface area contributed by atoms with Gasteiger partial charge in [-0.15, -0.1) is 0 Å². The molecule has 4 heterocycles. The van der Waals surface area contributed by atoms with Crippen molar-refractivity contribution in [3.63, 3.8) is 0 Å². The van der Waals surface area contributed by atoms with Crippen molar-refractivity contribution in [1.29, 1.82) is 0 Å². The monoisotopic (exact) mass is 403 g/mol. The molecule has 1 saturated heterocycles. The quantitative estimate of drug-likeness (QED) is 0.773. The number of amides is 1. The lowest BCUT2D eigenvalue weighted by molar-refractivity contribution is -0.138. The third kappa shape index (κ3) is 3.33. The van der Waals surface area contributed by atoms with Gasteiger partial charge in [0.2, 0.25) is 5.91 Å². The fourth-order valence-corrected chi connectivity index (χ4v) is 5.64. The maximum absolute atomic E-state index is 13.1. The van der Waals surface area contributed by atoms with Gasteiger partial charge in [-0.05, 0) is 42.2 Å². The number of rotatable bonds is 3. The van der Waals surface area contributed by atoms with Gasteiger partial charge in [0.1, 0.15) is 23.3 Å². The zero-order chi connectivity index (χ0) is 19.1. The first-order valence-electron chi connectivity index (χ1n) is 9.93. The smallest absolute Gasteiger partial charge is 0.228 e. The Morgan fingerprint density at radius 2 is 1.96 bits per heavy atom. The van der Waals surface area contributed by atoms with E-state index in [4.69, 9.17) is 9.47 Å². The number of ether oxygens (including phenoxy) is 2. The number of hydrogen-bond donors (Lipinski definition) is 1. The van der Waals surface area contributed by atoms with Crippen LogP contribution in [0.5, 0.6) is 5.75 Å². The van der Waals surface area contributed by atoms with E-state index >= 15 is 0 Å². The van der Waals surface area contributed by atoms with Gasteiger partial charge >= 0.3 is 0 Å². The number of anilines is 1. The highest BCUT2D eigenvalue weighted by atomic mass is 32.2. The second-order valence-electron chi connectivity index (χ2n) is 7.80. The predicted octanol–water partition coefficient (Wildman–Crippen LogP) is 1.39. The molecule has 0 bridgehead atoms. The van der Waals surface area contributed by atoms with E-state index < -0.39 is 11.0 Å². The van der Waals surface area contributed by atoms with Crippen molar-refractivity contribution in [2.45, 2.75) is 17.7 Å². The van der Waals surface area contributed by atoms with Gasteiger partial charge in [-0.3, -0.25) is 4.79 Å². The van der Waals surface area contributed by atoms with Crippen molar-refractivity contribution in [2.75, 3.05) is 57.9 Å². The molecule has 4 aliphatic rings. The van der Waals surface area contributed by atoms with Crippen LogP contribution in [-0.4, -0.2) is 71.9 Å². The molecule has 2 atom stereocenters. The van der Waals surface area contributed by atoms with Gasteiger partial charge < -0.3 is 19.7 Å². The third-order valence-corrected chi connectivity index (χ3v) is 7.27. The highest BCUT2D eigenvalue weighted by Crippen LogP contribution is 2.33. The summed E-state index contributed by atoms with van der Waals surface area (Å²) >= 11 is 0. The Hall–Kier alpha value is -1.90. The Morgan fingerprint density at radius 1 is 1.14 bits per heavy atom. The minimum absolute atomic E-state index is 0.00391. The molecule has 0 saturated carbocycles. The molecule has 4 aliphatic heterocycles. The maximum atomic E-state index is 13.1. The second kappa shape index (κ2) is 7.50. The fourth-order valence-electron chi connectivity index (χ4n) is 4.39.